The minimum Gasteiger partial charge on any atom is -0.364 e. The molecule has 2 atom stereocenters. The number of fused-ring (bicyclic) bond motifs is 1. The van der Waals surface area contributed by atoms with Gasteiger partial charge in [0.15, 0.2) is 23.9 Å². The van der Waals surface area contributed by atoms with Crippen LogP contribution >= 0.6 is 0 Å². The van der Waals surface area contributed by atoms with Gasteiger partial charge in [-0.3, -0.25) is 29.6 Å². The van der Waals surface area contributed by atoms with E-state index in [-0.39, 0.29) is 47.3 Å². The van der Waals surface area contributed by atoms with Crippen LogP contribution in [0.4, 0.5) is 17.5 Å². The van der Waals surface area contributed by atoms with Gasteiger partial charge in [-0.15, -0.1) is 0 Å². The molecule has 9 nitrogen and oxygen atoms in total. The smallest absolute Gasteiger partial charge is 0.278 e. The lowest BCUT2D eigenvalue weighted by Crippen LogP contribution is -2.53. The van der Waals surface area contributed by atoms with Crippen LogP contribution in [-0.4, -0.2) is 33.9 Å². The van der Waals surface area contributed by atoms with E-state index in [4.69, 9.17) is 0 Å². The molecule has 2 aromatic heterocycles. The molecule has 0 saturated carbocycles. The number of hydrogen-bond acceptors (Lipinski definition) is 5. The van der Waals surface area contributed by atoms with Gasteiger partial charge in [0.25, 0.3) is 11.5 Å². The highest BCUT2D eigenvalue weighted by atomic mass is 16.2. The van der Waals surface area contributed by atoms with Crippen LogP contribution in [0.5, 0.6) is 0 Å². The summed E-state index contributed by atoms with van der Waals surface area (Å²) >= 11 is 0. The van der Waals surface area contributed by atoms with Crippen LogP contribution in [0.25, 0.3) is 0 Å². The Morgan fingerprint density at radius 2 is 2.07 bits per heavy atom. The van der Waals surface area contributed by atoms with Gasteiger partial charge < -0.3 is 5.32 Å². The summed E-state index contributed by atoms with van der Waals surface area (Å²) in [6.45, 7) is 10.0. The van der Waals surface area contributed by atoms with Crippen LogP contribution in [0.15, 0.2) is 29.3 Å². The number of aromatic amines is 1. The summed E-state index contributed by atoms with van der Waals surface area (Å²) < 4.78 is 1.90. The normalized spacial score (nSPS) is 18.2. The number of anilines is 3. The summed E-state index contributed by atoms with van der Waals surface area (Å²) in [6, 6.07) is 3.12. The molecule has 0 aliphatic carbocycles. The molecular weight excluding hydrogens is 372 g/mol. The van der Waals surface area contributed by atoms with Crippen LogP contribution in [0.2, 0.25) is 0 Å². The summed E-state index contributed by atoms with van der Waals surface area (Å²) in [5, 5.41) is 5.77. The second kappa shape index (κ2) is 8.02. The van der Waals surface area contributed by atoms with Crippen molar-refractivity contribution in [1.29, 1.82) is 0 Å². The molecule has 154 valence electrons. The Balaban J connectivity index is 2.05. The first-order valence-corrected chi connectivity index (χ1v) is 9.77. The quantitative estimate of drug-likeness (QED) is 0.675. The predicted octanol–water partition coefficient (Wildman–Crippen LogP) is 1.52. The lowest BCUT2D eigenvalue weighted by molar-refractivity contribution is -0.693. The Kier molecular flexibility index (Phi) is 5.67. The molecular formula is C20H27N6O3+. The zero-order chi connectivity index (χ0) is 21.3. The Hall–Kier alpha value is -3.23. The molecule has 2 aromatic rings. The molecule has 29 heavy (non-hydrogen) atoms. The van der Waals surface area contributed by atoms with Crippen molar-refractivity contribution in [2.45, 2.75) is 53.2 Å². The van der Waals surface area contributed by atoms with Crippen molar-refractivity contribution >= 4 is 29.3 Å². The fourth-order valence-electron chi connectivity index (χ4n) is 3.15. The molecule has 3 N–H and O–H groups in total. The van der Waals surface area contributed by atoms with Gasteiger partial charge in [0.2, 0.25) is 11.9 Å². The highest BCUT2D eigenvalue weighted by Gasteiger charge is 2.37. The van der Waals surface area contributed by atoms with E-state index >= 15 is 0 Å². The third-order valence-corrected chi connectivity index (χ3v) is 5.09. The van der Waals surface area contributed by atoms with Crippen LogP contribution < -0.4 is 25.7 Å². The molecule has 0 aromatic carbocycles. The minimum atomic E-state index is -0.493. The highest BCUT2D eigenvalue weighted by Crippen LogP contribution is 2.31. The zero-order valence-electron chi connectivity index (χ0n) is 17.3. The molecule has 3 rings (SSSR count). The summed E-state index contributed by atoms with van der Waals surface area (Å²) in [4.78, 5) is 46.6. The van der Waals surface area contributed by atoms with Crippen LogP contribution in [0.1, 0.15) is 45.0 Å². The monoisotopic (exact) mass is 399 g/mol. The van der Waals surface area contributed by atoms with E-state index in [2.05, 4.69) is 20.6 Å². The summed E-state index contributed by atoms with van der Waals surface area (Å²) in [5.74, 6) is -0.471. The first-order chi connectivity index (χ1) is 13.7. The van der Waals surface area contributed by atoms with Crippen molar-refractivity contribution in [2.75, 3.05) is 15.5 Å². The van der Waals surface area contributed by atoms with Crippen LogP contribution in [-0.2, 0) is 11.3 Å². The molecule has 1 aliphatic heterocycles. The number of carbonyl (C=O) groups excluding carboxylic acids is 2. The molecule has 0 fully saturated rings. The fourth-order valence-corrected chi connectivity index (χ4v) is 3.15. The zero-order valence-corrected chi connectivity index (χ0v) is 17.3. The number of pyridine rings is 1. The van der Waals surface area contributed by atoms with Gasteiger partial charge in [0.05, 0.1) is 6.04 Å². The molecule has 0 bridgehead atoms. The number of carbonyl (C=O) groups is 2. The first kappa shape index (κ1) is 20.5. The maximum atomic E-state index is 13.3. The number of rotatable bonds is 4. The molecule has 1 aliphatic rings. The van der Waals surface area contributed by atoms with Crippen molar-refractivity contribution in [1.82, 2.24) is 9.97 Å². The van der Waals surface area contributed by atoms with Crippen molar-refractivity contribution < 1.29 is 14.2 Å². The van der Waals surface area contributed by atoms with E-state index < -0.39 is 5.56 Å². The molecule has 0 saturated heterocycles. The van der Waals surface area contributed by atoms with Gasteiger partial charge in [-0.1, -0.05) is 13.8 Å². The number of amides is 2. The topological polar surface area (TPSA) is 111 Å². The standard InChI is InChI=1S/C20H26N6O3/c1-6-25-9-7-8-14(10-25)19(29)26-13(5)12(4)21-16-15(26)18(28)24-20(22-16)23-17(27)11(2)3/h7-13H,6H2,1-5H3,(H2-,21,22,23,24,27,28)/p+1/t12-,13+/m0/s1. The van der Waals surface area contributed by atoms with E-state index in [1.54, 1.807) is 32.2 Å². The largest absolute Gasteiger partial charge is 0.364 e. The van der Waals surface area contributed by atoms with Crippen LogP contribution in [0, 0.1) is 5.92 Å². The molecule has 2 amide bonds. The number of aryl methyl sites for hydroxylation is 1. The predicted molar refractivity (Wildman–Crippen MR) is 110 cm³/mol. The lowest BCUT2D eigenvalue weighted by atomic mass is 10.0. The Morgan fingerprint density at radius 3 is 2.72 bits per heavy atom. The van der Waals surface area contributed by atoms with E-state index in [0.717, 1.165) is 6.54 Å². The van der Waals surface area contributed by atoms with Gasteiger partial charge >= 0.3 is 0 Å². The first-order valence-electron chi connectivity index (χ1n) is 9.77. The summed E-state index contributed by atoms with van der Waals surface area (Å²) in [5.41, 5.74) is 0.140. The number of H-pyrrole nitrogens is 1. The van der Waals surface area contributed by atoms with Crippen molar-refractivity contribution in [3.8, 4) is 0 Å². The molecule has 0 radical (unpaired) electrons. The van der Waals surface area contributed by atoms with E-state index in [1.807, 2.05) is 31.5 Å². The maximum Gasteiger partial charge on any atom is 0.278 e. The average molecular weight is 399 g/mol. The molecule has 9 heteroatoms. The summed E-state index contributed by atoms with van der Waals surface area (Å²) in [7, 11) is 0. The number of nitrogens with one attached hydrogen (secondary N) is 3. The number of aromatic nitrogens is 3. The minimum absolute atomic E-state index is 0.0534. The number of nitrogens with zero attached hydrogens (tertiary/aromatic N) is 3. The van der Waals surface area contributed by atoms with E-state index in [9.17, 15) is 14.4 Å². The highest BCUT2D eigenvalue weighted by molar-refractivity contribution is 6.08. The van der Waals surface area contributed by atoms with Gasteiger partial charge in [-0.2, -0.15) is 4.98 Å². The van der Waals surface area contributed by atoms with Crippen molar-refractivity contribution in [3.63, 3.8) is 0 Å². The third kappa shape index (κ3) is 3.98. The Morgan fingerprint density at radius 1 is 1.34 bits per heavy atom. The van der Waals surface area contributed by atoms with Gasteiger partial charge in [-0.25, -0.2) is 4.57 Å². The molecule has 3 heterocycles. The lowest BCUT2D eigenvalue weighted by Gasteiger charge is -2.38. The van der Waals surface area contributed by atoms with Crippen LogP contribution in [0.3, 0.4) is 0 Å². The number of hydrogen-bond donors (Lipinski definition) is 3. The van der Waals surface area contributed by atoms with Gasteiger partial charge in [-0.05, 0) is 26.8 Å². The molecule has 0 unspecified atom stereocenters. The Labute approximate surface area is 169 Å². The van der Waals surface area contributed by atoms with Gasteiger partial charge in [0, 0.05) is 18.0 Å². The second-order valence-corrected chi connectivity index (χ2v) is 7.53. The maximum absolute atomic E-state index is 13.3. The van der Waals surface area contributed by atoms with E-state index in [1.165, 1.54) is 4.90 Å². The fraction of sp³-hybridized carbons (Fsp3) is 0.450. The van der Waals surface area contributed by atoms with Crippen molar-refractivity contribution in [2.24, 2.45) is 5.92 Å². The van der Waals surface area contributed by atoms with Gasteiger partial charge in [0.1, 0.15) is 12.1 Å². The summed E-state index contributed by atoms with van der Waals surface area (Å²) in [6.07, 6.45) is 3.65. The average Bonchev–Trinajstić information content (AvgIpc) is 2.68. The Bertz CT molecular complexity index is 1000. The van der Waals surface area contributed by atoms with Crippen molar-refractivity contribution in [3.05, 3.63) is 40.4 Å². The second-order valence-electron chi connectivity index (χ2n) is 7.53. The third-order valence-electron chi connectivity index (χ3n) is 5.09. The SMILES string of the molecule is CC[n+]1cccc(C(=O)N2c3c(nc(NC(=O)C(C)C)[nH]c3=O)N[C@@H](C)[C@H]2C)c1. The van der Waals surface area contributed by atoms with E-state index in [0.29, 0.717) is 5.56 Å². The molecule has 0 spiro atoms.